The van der Waals surface area contributed by atoms with Crippen molar-refractivity contribution in [3.63, 3.8) is 0 Å². The minimum absolute atomic E-state index is 0.943. The topological polar surface area (TPSA) is 12.0 Å². The molecule has 0 amide bonds. The largest absolute Gasteiger partial charge is 0.316 e. The third-order valence-electron chi connectivity index (χ3n) is 3.00. The predicted octanol–water partition coefficient (Wildman–Crippen LogP) is 4.13. The van der Waals surface area contributed by atoms with Gasteiger partial charge in [0, 0.05) is 11.4 Å². The Balaban J connectivity index is 1.75. The lowest BCUT2D eigenvalue weighted by atomic mass is 10.1. The van der Waals surface area contributed by atoms with Gasteiger partial charge in [-0.05, 0) is 48.9 Å². The quantitative estimate of drug-likeness (QED) is 0.600. The molecule has 0 aliphatic rings. The number of benzene rings is 2. The van der Waals surface area contributed by atoms with E-state index in [-0.39, 0.29) is 0 Å². The summed E-state index contributed by atoms with van der Waals surface area (Å²) in [4.78, 5) is 1.38. The van der Waals surface area contributed by atoms with E-state index in [1.54, 1.807) is 0 Å². The second kappa shape index (κ2) is 8.03. The van der Waals surface area contributed by atoms with Crippen LogP contribution in [0.3, 0.4) is 0 Å². The minimum Gasteiger partial charge on any atom is -0.316 e. The van der Waals surface area contributed by atoms with Crippen LogP contribution in [0, 0.1) is 0 Å². The monoisotopic (exact) mass is 271 g/mol. The Labute approximate surface area is 120 Å². The van der Waals surface area contributed by atoms with E-state index < -0.39 is 0 Å². The van der Waals surface area contributed by atoms with Gasteiger partial charge in [0.05, 0.1) is 0 Å². The summed E-state index contributed by atoms with van der Waals surface area (Å²) in [6.45, 7) is 0.943. The number of nitrogens with one attached hydrogen (secondary N) is 1. The first-order valence-electron chi connectivity index (χ1n) is 6.79. The first-order chi connectivity index (χ1) is 9.38. The van der Waals surface area contributed by atoms with E-state index in [0.29, 0.717) is 0 Å². The van der Waals surface area contributed by atoms with Gasteiger partial charge in [-0.2, -0.15) is 0 Å². The first kappa shape index (κ1) is 14.2. The van der Waals surface area contributed by atoms with Crippen LogP contribution in [0.15, 0.2) is 59.5 Å². The van der Waals surface area contributed by atoms with Gasteiger partial charge in [-0.3, -0.25) is 0 Å². The maximum absolute atomic E-state index is 3.19. The fourth-order valence-corrected chi connectivity index (χ4v) is 2.99. The van der Waals surface area contributed by atoms with Crippen LogP contribution in [0.1, 0.15) is 17.5 Å². The molecule has 0 unspecified atom stereocenters. The first-order valence-corrected chi connectivity index (χ1v) is 7.77. The van der Waals surface area contributed by atoms with Gasteiger partial charge in [0.1, 0.15) is 0 Å². The number of aryl methyl sites for hydroxylation is 1. The van der Waals surface area contributed by atoms with Gasteiger partial charge in [0.2, 0.25) is 0 Å². The molecule has 2 aromatic rings. The van der Waals surface area contributed by atoms with Crippen molar-refractivity contribution >= 4 is 11.8 Å². The van der Waals surface area contributed by atoms with Crippen molar-refractivity contribution in [1.29, 1.82) is 0 Å². The molecular weight excluding hydrogens is 250 g/mol. The molecule has 100 valence electrons. The summed E-state index contributed by atoms with van der Waals surface area (Å²) >= 11 is 1.95. The Hall–Kier alpha value is -1.25. The SMILES string of the molecule is CNCc1cccc(SCCCc2ccccc2)c1. The van der Waals surface area contributed by atoms with Crippen molar-refractivity contribution < 1.29 is 0 Å². The molecule has 2 rings (SSSR count). The fraction of sp³-hybridized carbons (Fsp3) is 0.294. The van der Waals surface area contributed by atoms with Crippen molar-refractivity contribution in [2.75, 3.05) is 12.8 Å². The van der Waals surface area contributed by atoms with Crippen LogP contribution < -0.4 is 5.32 Å². The van der Waals surface area contributed by atoms with E-state index >= 15 is 0 Å². The van der Waals surface area contributed by atoms with E-state index in [9.17, 15) is 0 Å². The lowest BCUT2D eigenvalue weighted by molar-refractivity contribution is 0.815. The van der Waals surface area contributed by atoms with Gasteiger partial charge in [0.25, 0.3) is 0 Å². The third-order valence-corrected chi connectivity index (χ3v) is 4.08. The molecule has 2 heteroatoms. The van der Waals surface area contributed by atoms with Crippen molar-refractivity contribution in [3.8, 4) is 0 Å². The molecule has 19 heavy (non-hydrogen) atoms. The Bertz CT molecular complexity index is 482. The summed E-state index contributed by atoms with van der Waals surface area (Å²) < 4.78 is 0. The molecular formula is C17H21NS. The summed E-state index contributed by atoms with van der Waals surface area (Å²) in [6.07, 6.45) is 2.40. The van der Waals surface area contributed by atoms with Gasteiger partial charge in [-0.25, -0.2) is 0 Å². The molecule has 0 atom stereocenters. The van der Waals surface area contributed by atoms with Crippen molar-refractivity contribution in [2.24, 2.45) is 0 Å². The van der Waals surface area contributed by atoms with Gasteiger partial charge in [0.15, 0.2) is 0 Å². The standard InChI is InChI=1S/C17H21NS/c1-18-14-16-9-5-11-17(13-16)19-12-6-10-15-7-3-2-4-8-15/h2-5,7-9,11,13,18H,6,10,12,14H2,1H3. The number of hydrogen-bond acceptors (Lipinski definition) is 2. The zero-order chi connectivity index (χ0) is 13.3. The minimum atomic E-state index is 0.943. The molecule has 0 heterocycles. The van der Waals surface area contributed by atoms with Crippen LogP contribution in [0.2, 0.25) is 0 Å². The van der Waals surface area contributed by atoms with Gasteiger partial charge < -0.3 is 5.32 Å². The van der Waals surface area contributed by atoms with E-state index in [2.05, 4.69) is 59.9 Å². The predicted molar refractivity (Wildman–Crippen MR) is 84.7 cm³/mol. The van der Waals surface area contributed by atoms with Crippen LogP contribution in [0.5, 0.6) is 0 Å². The molecule has 0 bridgehead atoms. The lowest BCUT2D eigenvalue weighted by Crippen LogP contribution is -2.04. The van der Waals surface area contributed by atoms with E-state index in [4.69, 9.17) is 0 Å². The van der Waals surface area contributed by atoms with Crippen LogP contribution in [-0.2, 0) is 13.0 Å². The number of thioether (sulfide) groups is 1. The van der Waals surface area contributed by atoms with Crippen LogP contribution in [0.4, 0.5) is 0 Å². The van der Waals surface area contributed by atoms with E-state index in [1.165, 1.54) is 34.6 Å². The van der Waals surface area contributed by atoms with Crippen LogP contribution in [0.25, 0.3) is 0 Å². The molecule has 0 saturated heterocycles. The Morgan fingerprint density at radius 2 is 1.74 bits per heavy atom. The van der Waals surface area contributed by atoms with Crippen LogP contribution in [-0.4, -0.2) is 12.8 Å². The average Bonchev–Trinajstić information content (AvgIpc) is 2.46. The molecule has 0 aliphatic heterocycles. The van der Waals surface area contributed by atoms with Gasteiger partial charge >= 0.3 is 0 Å². The Kier molecular flexibility index (Phi) is 5.99. The summed E-state index contributed by atoms with van der Waals surface area (Å²) in [5.74, 6) is 1.18. The summed E-state index contributed by atoms with van der Waals surface area (Å²) in [7, 11) is 1.99. The summed E-state index contributed by atoms with van der Waals surface area (Å²) in [5.41, 5.74) is 2.79. The normalized spacial score (nSPS) is 10.6. The zero-order valence-electron chi connectivity index (χ0n) is 11.4. The highest BCUT2D eigenvalue weighted by atomic mass is 32.2. The molecule has 1 nitrogen and oxygen atoms in total. The van der Waals surface area contributed by atoms with E-state index in [1.807, 2.05) is 18.8 Å². The summed E-state index contributed by atoms with van der Waals surface area (Å²) in [6, 6.07) is 19.5. The number of rotatable bonds is 7. The Morgan fingerprint density at radius 3 is 2.53 bits per heavy atom. The van der Waals surface area contributed by atoms with Crippen molar-refractivity contribution in [1.82, 2.24) is 5.32 Å². The molecule has 0 spiro atoms. The second-order valence-electron chi connectivity index (χ2n) is 4.62. The van der Waals surface area contributed by atoms with Gasteiger partial charge in [-0.1, -0.05) is 42.5 Å². The molecule has 0 aromatic heterocycles. The summed E-state index contributed by atoms with van der Waals surface area (Å²) in [5, 5.41) is 3.19. The van der Waals surface area contributed by atoms with Crippen LogP contribution >= 0.6 is 11.8 Å². The maximum Gasteiger partial charge on any atom is 0.0202 e. The molecule has 0 aliphatic carbocycles. The highest BCUT2D eigenvalue weighted by Gasteiger charge is 1.97. The third kappa shape index (κ3) is 5.09. The number of hydrogen-bond donors (Lipinski definition) is 1. The molecule has 0 saturated carbocycles. The second-order valence-corrected chi connectivity index (χ2v) is 5.78. The zero-order valence-corrected chi connectivity index (χ0v) is 12.2. The smallest absolute Gasteiger partial charge is 0.0202 e. The molecule has 0 fully saturated rings. The molecule has 2 aromatic carbocycles. The lowest BCUT2D eigenvalue weighted by Gasteiger charge is -2.05. The van der Waals surface area contributed by atoms with Crippen molar-refractivity contribution in [2.45, 2.75) is 24.3 Å². The van der Waals surface area contributed by atoms with Gasteiger partial charge in [-0.15, -0.1) is 11.8 Å². The Morgan fingerprint density at radius 1 is 0.947 bits per heavy atom. The maximum atomic E-state index is 3.19. The average molecular weight is 271 g/mol. The molecule has 0 radical (unpaired) electrons. The highest BCUT2D eigenvalue weighted by molar-refractivity contribution is 7.99. The highest BCUT2D eigenvalue weighted by Crippen LogP contribution is 2.20. The molecule has 1 N–H and O–H groups in total. The van der Waals surface area contributed by atoms with E-state index in [0.717, 1.165) is 6.54 Å². The fourth-order valence-electron chi connectivity index (χ4n) is 2.06. The van der Waals surface area contributed by atoms with Crippen molar-refractivity contribution in [3.05, 3.63) is 65.7 Å².